The smallest absolute Gasteiger partial charge is 0.272 e. The van der Waals surface area contributed by atoms with Crippen LogP contribution >= 0.6 is 0 Å². The van der Waals surface area contributed by atoms with Crippen molar-refractivity contribution in [3.05, 3.63) is 39.9 Å². The summed E-state index contributed by atoms with van der Waals surface area (Å²) in [6.45, 7) is 2.00. The Balaban J connectivity index is 2.90. The van der Waals surface area contributed by atoms with Crippen molar-refractivity contribution >= 4 is 5.69 Å². The molecule has 0 spiro atoms. The maximum atomic E-state index is 10.7. The van der Waals surface area contributed by atoms with Gasteiger partial charge in [0.1, 0.15) is 0 Å². The van der Waals surface area contributed by atoms with Crippen LogP contribution in [0.5, 0.6) is 0 Å². The number of hydrogen-bond donors (Lipinski definition) is 1. The van der Waals surface area contributed by atoms with Crippen LogP contribution in [0.25, 0.3) is 0 Å². The first kappa shape index (κ1) is 10.7. The van der Waals surface area contributed by atoms with E-state index in [1.54, 1.807) is 12.1 Å². The second-order valence-corrected chi connectivity index (χ2v) is 3.28. The lowest BCUT2D eigenvalue weighted by atomic mass is 10.1. The van der Waals surface area contributed by atoms with Gasteiger partial charge in [0.15, 0.2) is 0 Å². The summed E-state index contributed by atoms with van der Waals surface area (Å²) in [5, 5.41) is 13.7. The van der Waals surface area contributed by atoms with Crippen LogP contribution in [-0.4, -0.2) is 18.0 Å². The third-order valence-corrected chi connectivity index (χ3v) is 2.21. The fourth-order valence-corrected chi connectivity index (χ4v) is 1.29. The van der Waals surface area contributed by atoms with Crippen molar-refractivity contribution in [2.24, 2.45) is 0 Å². The van der Waals surface area contributed by atoms with Gasteiger partial charge in [-0.25, -0.2) is 0 Å². The molecule has 0 aliphatic heterocycles. The van der Waals surface area contributed by atoms with Crippen LogP contribution < -0.4 is 5.32 Å². The molecule has 0 fully saturated rings. The SMILES string of the molecule is CNC(C)Cc1ccccc1[N+](=O)[O-]. The van der Waals surface area contributed by atoms with Crippen LogP contribution in [0.15, 0.2) is 24.3 Å². The third kappa shape index (κ3) is 2.53. The Labute approximate surface area is 83.1 Å². The predicted octanol–water partition coefficient (Wildman–Crippen LogP) is 1.75. The van der Waals surface area contributed by atoms with Crippen LogP contribution in [0.1, 0.15) is 12.5 Å². The summed E-state index contributed by atoms with van der Waals surface area (Å²) in [5.41, 5.74) is 0.981. The van der Waals surface area contributed by atoms with Gasteiger partial charge in [-0.05, 0) is 20.4 Å². The van der Waals surface area contributed by atoms with Crippen molar-refractivity contribution in [3.8, 4) is 0 Å². The fraction of sp³-hybridized carbons (Fsp3) is 0.400. The molecule has 0 aliphatic carbocycles. The summed E-state index contributed by atoms with van der Waals surface area (Å²) in [4.78, 5) is 10.3. The van der Waals surface area contributed by atoms with Crippen LogP contribution in [0.4, 0.5) is 5.69 Å². The minimum absolute atomic E-state index is 0.203. The van der Waals surface area contributed by atoms with Gasteiger partial charge >= 0.3 is 0 Å². The molecule has 0 heterocycles. The number of nitrogens with one attached hydrogen (secondary N) is 1. The van der Waals surface area contributed by atoms with Crippen molar-refractivity contribution in [2.45, 2.75) is 19.4 Å². The molecular weight excluding hydrogens is 180 g/mol. The van der Waals surface area contributed by atoms with Gasteiger partial charge in [0.2, 0.25) is 0 Å². The molecule has 0 saturated heterocycles. The monoisotopic (exact) mass is 194 g/mol. The van der Waals surface area contributed by atoms with E-state index in [-0.39, 0.29) is 16.7 Å². The standard InChI is InChI=1S/C10H14N2O2/c1-8(11-2)7-9-5-3-4-6-10(9)12(13)14/h3-6,8,11H,7H2,1-2H3. The van der Waals surface area contributed by atoms with Crippen molar-refractivity contribution in [1.29, 1.82) is 0 Å². The summed E-state index contributed by atoms with van der Waals surface area (Å²) < 4.78 is 0. The quantitative estimate of drug-likeness (QED) is 0.586. The van der Waals surface area contributed by atoms with Gasteiger partial charge in [-0.15, -0.1) is 0 Å². The van der Waals surface area contributed by atoms with E-state index >= 15 is 0 Å². The van der Waals surface area contributed by atoms with Gasteiger partial charge in [-0.2, -0.15) is 0 Å². The molecule has 4 heteroatoms. The Morgan fingerprint density at radius 3 is 2.71 bits per heavy atom. The second kappa shape index (κ2) is 4.72. The zero-order valence-electron chi connectivity index (χ0n) is 8.36. The number of benzene rings is 1. The lowest BCUT2D eigenvalue weighted by molar-refractivity contribution is -0.385. The third-order valence-electron chi connectivity index (χ3n) is 2.21. The maximum Gasteiger partial charge on any atom is 0.272 e. The van der Waals surface area contributed by atoms with E-state index in [9.17, 15) is 10.1 Å². The first-order valence-electron chi connectivity index (χ1n) is 4.54. The number of nitro benzene ring substituents is 1. The number of hydrogen-bond acceptors (Lipinski definition) is 3. The molecule has 14 heavy (non-hydrogen) atoms. The molecule has 1 N–H and O–H groups in total. The van der Waals surface area contributed by atoms with E-state index < -0.39 is 0 Å². The van der Waals surface area contributed by atoms with Crippen LogP contribution in [0.2, 0.25) is 0 Å². The van der Waals surface area contributed by atoms with E-state index in [1.807, 2.05) is 20.0 Å². The molecule has 0 aromatic heterocycles. The van der Waals surface area contributed by atoms with Gasteiger partial charge < -0.3 is 5.32 Å². The number of rotatable bonds is 4. The molecule has 76 valence electrons. The molecule has 1 rings (SSSR count). The van der Waals surface area contributed by atoms with E-state index in [0.29, 0.717) is 6.42 Å². The maximum absolute atomic E-state index is 10.7. The summed E-state index contributed by atoms with van der Waals surface area (Å²) in [5.74, 6) is 0. The van der Waals surface area contributed by atoms with Crippen molar-refractivity contribution in [1.82, 2.24) is 5.32 Å². The van der Waals surface area contributed by atoms with E-state index in [1.165, 1.54) is 6.07 Å². The highest BCUT2D eigenvalue weighted by atomic mass is 16.6. The molecule has 1 atom stereocenters. The fourth-order valence-electron chi connectivity index (χ4n) is 1.29. The number of likely N-dealkylation sites (N-methyl/N-ethyl adjacent to an activating group) is 1. The largest absolute Gasteiger partial charge is 0.317 e. The zero-order chi connectivity index (χ0) is 10.6. The summed E-state index contributed by atoms with van der Waals surface area (Å²) in [6, 6.07) is 7.09. The summed E-state index contributed by atoms with van der Waals surface area (Å²) in [6.07, 6.45) is 0.674. The van der Waals surface area contributed by atoms with Crippen LogP contribution in [0.3, 0.4) is 0 Å². The molecule has 1 aromatic rings. The highest BCUT2D eigenvalue weighted by Crippen LogP contribution is 2.18. The van der Waals surface area contributed by atoms with Gasteiger partial charge in [0.05, 0.1) is 4.92 Å². The minimum Gasteiger partial charge on any atom is -0.317 e. The highest BCUT2D eigenvalue weighted by molar-refractivity contribution is 5.40. The average Bonchev–Trinajstić information content (AvgIpc) is 2.18. The molecule has 1 aromatic carbocycles. The number of para-hydroxylation sites is 1. The van der Waals surface area contributed by atoms with Crippen molar-refractivity contribution in [2.75, 3.05) is 7.05 Å². The van der Waals surface area contributed by atoms with Crippen LogP contribution in [0, 0.1) is 10.1 Å². The predicted molar refractivity (Wildman–Crippen MR) is 55.3 cm³/mol. The molecule has 0 saturated carbocycles. The molecule has 0 bridgehead atoms. The Morgan fingerprint density at radius 2 is 2.14 bits per heavy atom. The molecule has 0 aliphatic rings. The highest BCUT2D eigenvalue weighted by Gasteiger charge is 2.13. The lowest BCUT2D eigenvalue weighted by Crippen LogP contribution is -2.23. The Hall–Kier alpha value is -1.42. The van der Waals surface area contributed by atoms with Crippen molar-refractivity contribution in [3.63, 3.8) is 0 Å². The van der Waals surface area contributed by atoms with E-state index in [2.05, 4.69) is 5.32 Å². The Bertz CT molecular complexity index is 326. The second-order valence-electron chi connectivity index (χ2n) is 3.28. The van der Waals surface area contributed by atoms with Crippen molar-refractivity contribution < 1.29 is 4.92 Å². The minimum atomic E-state index is -0.336. The van der Waals surface area contributed by atoms with Crippen LogP contribution in [-0.2, 0) is 6.42 Å². The Morgan fingerprint density at radius 1 is 1.50 bits per heavy atom. The first-order valence-corrected chi connectivity index (χ1v) is 4.54. The van der Waals surface area contributed by atoms with E-state index in [0.717, 1.165) is 5.56 Å². The molecule has 0 amide bonds. The molecular formula is C10H14N2O2. The average molecular weight is 194 g/mol. The van der Waals surface area contributed by atoms with Gasteiger partial charge in [-0.3, -0.25) is 10.1 Å². The zero-order valence-corrected chi connectivity index (χ0v) is 8.36. The molecule has 0 radical (unpaired) electrons. The van der Waals surface area contributed by atoms with E-state index in [4.69, 9.17) is 0 Å². The summed E-state index contributed by atoms with van der Waals surface area (Å²) in [7, 11) is 1.85. The number of nitrogens with zero attached hydrogens (tertiary/aromatic N) is 1. The molecule has 1 unspecified atom stereocenters. The van der Waals surface area contributed by atoms with Gasteiger partial charge in [0, 0.05) is 17.7 Å². The summed E-state index contributed by atoms with van der Waals surface area (Å²) >= 11 is 0. The topological polar surface area (TPSA) is 55.2 Å². The normalized spacial score (nSPS) is 12.4. The molecule has 4 nitrogen and oxygen atoms in total. The number of nitro groups is 1. The lowest BCUT2D eigenvalue weighted by Gasteiger charge is -2.09. The Kier molecular flexibility index (Phi) is 3.59. The van der Waals surface area contributed by atoms with Gasteiger partial charge in [0.25, 0.3) is 5.69 Å². The van der Waals surface area contributed by atoms with Gasteiger partial charge in [-0.1, -0.05) is 18.2 Å². The first-order chi connectivity index (χ1) is 6.65.